The van der Waals surface area contributed by atoms with E-state index in [0.29, 0.717) is 30.3 Å². The van der Waals surface area contributed by atoms with Crippen molar-refractivity contribution >= 4 is 22.6 Å². The van der Waals surface area contributed by atoms with Crippen LogP contribution in [0, 0.1) is 11.6 Å². The zero-order chi connectivity index (χ0) is 17.4. The van der Waals surface area contributed by atoms with E-state index in [2.05, 4.69) is 15.5 Å². The number of benzene rings is 2. The van der Waals surface area contributed by atoms with E-state index in [0.717, 1.165) is 12.1 Å². The van der Waals surface area contributed by atoms with Gasteiger partial charge in [-0.15, -0.1) is 0 Å². The van der Waals surface area contributed by atoms with Crippen LogP contribution < -0.4 is 14.8 Å². The Kier molecular flexibility index (Phi) is 3.72. The molecule has 0 spiro atoms. The number of carbonyl (C=O) groups excluding carboxylic acids is 1. The molecule has 1 aliphatic rings. The number of ether oxygens (including phenoxy) is 2. The van der Waals surface area contributed by atoms with E-state index < -0.39 is 11.6 Å². The van der Waals surface area contributed by atoms with Crippen LogP contribution in [0.25, 0.3) is 10.9 Å². The van der Waals surface area contributed by atoms with Crippen molar-refractivity contribution < 1.29 is 23.0 Å². The molecule has 1 amide bonds. The maximum absolute atomic E-state index is 13.9. The molecule has 1 aliphatic heterocycles. The monoisotopic (exact) mass is 345 g/mol. The van der Waals surface area contributed by atoms with Gasteiger partial charge in [0.2, 0.25) is 5.91 Å². The number of nitrogens with one attached hydrogen (secondary N) is 2. The Hall–Kier alpha value is -3.16. The lowest BCUT2D eigenvalue weighted by atomic mass is 10.1. The zero-order valence-corrected chi connectivity index (χ0v) is 12.9. The van der Waals surface area contributed by atoms with Crippen LogP contribution in [0.15, 0.2) is 30.3 Å². The summed E-state index contributed by atoms with van der Waals surface area (Å²) >= 11 is 0. The van der Waals surface area contributed by atoms with E-state index >= 15 is 0 Å². The highest BCUT2D eigenvalue weighted by Gasteiger charge is 2.16. The lowest BCUT2D eigenvalue weighted by molar-refractivity contribution is -0.115. The van der Waals surface area contributed by atoms with Crippen molar-refractivity contribution in [3.63, 3.8) is 0 Å². The average Bonchev–Trinajstić information content (AvgIpc) is 2.97. The molecule has 128 valence electrons. The summed E-state index contributed by atoms with van der Waals surface area (Å²) < 4.78 is 38.0. The van der Waals surface area contributed by atoms with Crippen LogP contribution in [0.1, 0.15) is 5.56 Å². The maximum atomic E-state index is 13.9. The van der Waals surface area contributed by atoms with Crippen molar-refractivity contribution in [2.24, 2.45) is 0 Å². The van der Waals surface area contributed by atoms with Crippen molar-refractivity contribution in [1.29, 1.82) is 0 Å². The molecule has 0 aliphatic carbocycles. The van der Waals surface area contributed by atoms with Gasteiger partial charge < -0.3 is 14.8 Å². The Labute approximate surface area is 140 Å². The fraction of sp³-hybridized carbons (Fsp3) is 0.176. The van der Waals surface area contributed by atoms with Gasteiger partial charge >= 0.3 is 0 Å². The second kappa shape index (κ2) is 6.04. The molecule has 0 bridgehead atoms. The number of nitrogens with zero attached hydrogens (tertiary/aromatic N) is 1. The van der Waals surface area contributed by atoms with E-state index in [4.69, 9.17) is 9.47 Å². The third-order valence-corrected chi connectivity index (χ3v) is 3.81. The molecular formula is C17H13F2N3O3. The molecule has 0 atom stereocenters. The lowest BCUT2D eigenvalue weighted by Crippen LogP contribution is -2.17. The molecule has 0 saturated heterocycles. The van der Waals surface area contributed by atoms with Crippen LogP contribution in [0.5, 0.6) is 11.5 Å². The number of amides is 1. The molecule has 2 aromatic carbocycles. The summed E-state index contributed by atoms with van der Waals surface area (Å²) in [5, 5.41) is 8.92. The lowest BCUT2D eigenvalue weighted by Gasteiger charge is -2.18. The van der Waals surface area contributed by atoms with Gasteiger partial charge in [0.25, 0.3) is 0 Å². The van der Waals surface area contributed by atoms with Gasteiger partial charge in [-0.3, -0.25) is 9.89 Å². The van der Waals surface area contributed by atoms with Crippen molar-refractivity contribution in [3.05, 3.63) is 47.5 Å². The molecule has 0 unspecified atom stereocenters. The summed E-state index contributed by atoms with van der Waals surface area (Å²) in [5.74, 6) is -0.647. The Morgan fingerprint density at radius 3 is 2.80 bits per heavy atom. The summed E-state index contributed by atoms with van der Waals surface area (Å²) in [4.78, 5) is 12.2. The minimum absolute atomic E-state index is 0.0232. The highest BCUT2D eigenvalue weighted by Crippen LogP contribution is 2.31. The van der Waals surface area contributed by atoms with Gasteiger partial charge in [-0.05, 0) is 23.8 Å². The second-order valence-electron chi connectivity index (χ2n) is 5.59. The molecule has 6 nitrogen and oxygen atoms in total. The highest BCUT2D eigenvalue weighted by atomic mass is 19.1. The van der Waals surface area contributed by atoms with Crippen molar-refractivity contribution in [3.8, 4) is 11.5 Å². The Balaban J connectivity index is 1.53. The van der Waals surface area contributed by atoms with Crippen LogP contribution >= 0.6 is 0 Å². The number of carbonyl (C=O) groups is 1. The smallest absolute Gasteiger partial charge is 0.230 e. The van der Waals surface area contributed by atoms with Crippen molar-refractivity contribution in [2.45, 2.75) is 6.42 Å². The fourth-order valence-corrected chi connectivity index (χ4v) is 2.72. The third kappa shape index (κ3) is 2.98. The highest BCUT2D eigenvalue weighted by molar-refractivity contribution is 6.00. The molecule has 4 rings (SSSR count). The van der Waals surface area contributed by atoms with E-state index in [1.807, 2.05) is 0 Å². The average molecular weight is 345 g/mol. The number of rotatable bonds is 3. The van der Waals surface area contributed by atoms with Gasteiger partial charge in [0.05, 0.1) is 17.3 Å². The van der Waals surface area contributed by atoms with Crippen LogP contribution in [0.4, 0.5) is 14.6 Å². The van der Waals surface area contributed by atoms with E-state index in [1.165, 1.54) is 0 Å². The third-order valence-electron chi connectivity index (χ3n) is 3.81. The Morgan fingerprint density at radius 2 is 1.96 bits per heavy atom. The first-order valence-corrected chi connectivity index (χ1v) is 7.61. The summed E-state index contributed by atoms with van der Waals surface area (Å²) in [6, 6.07) is 7.08. The number of anilines is 1. The van der Waals surface area contributed by atoms with Crippen molar-refractivity contribution in [1.82, 2.24) is 10.2 Å². The molecule has 8 heteroatoms. The van der Waals surface area contributed by atoms with Gasteiger partial charge in [-0.1, -0.05) is 6.07 Å². The number of aromatic nitrogens is 2. The second-order valence-corrected chi connectivity index (χ2v) is 5.59. The number of H-pyrrole nitrogens is 1. The molecule has 2 heterocycles. The molecule has 1 aromatic heterocycles. The van der Waals surface area contributed by atoms with Crippen LogP contribution in [0.3, 0.4) is 0 Å². The van der Waals surface area contributed by atoms with Gasteiger partial charge in [0.1, 0.15) is 24.8 Å². The Morgan fingerprint density at radius 1 is 1.16 bits per heavy atom. The normalized spacial score (nSPS) is 13.0. The Bertz CT molecular complexity index is 971. The predicted molar refractivity (Wildman–Crippen MR) is 85.8 cm³/mol. The first-order chi connectivity index (χ1) is 12.1. The number of halogens is 2. The predicted octanol–water partition coefficient (Wildman–Crippen LogP) is 2.79. The van der Waals surface area contributed by atoms with Crippen LogP contribution in [-0.4, -0.2) is 29.3 Å². The summed E-state index contributed by atoms with van der Waals surface area (Å²) in [7, 11) is 0. The standard InChI is InChI=1S/C17H13F2N3O3/c18-10-7-11(19)16-12(8-10)21-22-17(16)20-15(23)6-9-1-2-13-14(5-9)25-4-3-24-13/h1-2,5,7-8H,3-4,6H2,(H2,20,21,22,23). The summed E-state index contributed by atoms with van der Waals surface area (Å²) in [5.41, 5.74) is 0.889. The molecule has 2 N–H and O–H groups in total. The summed E-state index contributed by atoms with van der Waals surface area (Å²) in [6.07, 6.45) is 0.0494. The molecule has 0 saturated carbocycles. The molecular weight excluding hydrogens is 332 g/mol. The minimum Gasteiger partial charge on any atom is -0.486 e. The number of hydrogen-bond donors (Lipinski definition) is 2. The number of fused-ring (bicyclic) bond motifs is 2. The molecule has 0 radical (unpaired) electrons. The SMILES string of the molecule is O=C(Cc1ccc2c(c1)OCCO2)Nc1n[nH]c2cc(F)cc(F)c12. The van der Waals surface area contributed by atoms with Crippen LogP contribution in [0.2, 0.25) is 0 Å². The van der Waals surface area contributed by atoms with E-state index in [1.54, 1.807) is 18.2 Å². The van der Waals surface area contributed by atoms with Gasteiger partial charge in [0, 0.05) is 6.07 Å². The maximum Gasteiger partial charge on any atom is 0.230 e. The van der Waals surface area contributed by atoms with E-state index in [-0.39, 0.29) is 29.0 Å². The van der Waals surface area contributed by atoms with Crippen molar-refractivity contribution in [2.75, 3.05) is 18.5 Å². The largest absolute Gasteiger partial charge is 0.486 e. The van der Waals surface area contributed by atoms with Crippen LogP contribution in [-0.2, 0) is 11.2 Å². The quantitative estimate of drug-likeness (QED) is 0.765. The van der Waals surface area contributed by atoms with Gasteiger partial charge in [-0.25, -0.2) is 8.78 Å². The number of hydrogen-bond acceptors (Lipinski definition) is 4. The topological polar surface area (TPSA) is 76.2 Å². The van der Waals surface area contributed by atoms with Gasteiger partial charge in [0.15, 0.2) is 17.3 Å². The number of aromatic amines is 1. The molecule has 3 aromatic rings. The fourth-order valence-electron chi connectivity index (χ4n) is 2.72. The molecule has 0 fully saturated rings. The first kappa shape index (κ1) is 15.4. The van der Waals surface area contributed by atoms with Gasteiger partial charge in [-0.2, -0.15) is 5.10 Å². The minimum atomic E-state index is -0.793. The summed E-state index contributed by atoms with van der Waals surface area (Å²) in [6.45, 7) is 0.947. The molecule has 25 heavy (non-hydrogen) atoms. The zero-order valence-electron chi connectivity index (χ0n) is 12.9. The van der Waals surface area contributed by atoms with E-state index in [9.17, 15) is 13.6 Å². The first-order valence-electron chi connectivity index (χ1n) is 7.61.